The number of aryl methyl sites for hydroxylation is 2. The minimum Gasteiger partial charge on any atom is -0.294 e. The topological polar surface area (TPSA) is 4.93 Å². The van der Waals surface area contributed by atoms with E-state index in [0.717, 1.165) is 16.8 Å². The van der Waals surface area contributed by atoms with E-state index in [0.29, 0.717) is 0 Å². The van der Waals surface area contributed by atoms with Crippen LogP contribution >= 0.6 is 23.6 Å². The predicted molar refractivity (Wildman–Crippen MR) is 202 cm³/mol. The Bertz CT molecular complexity index is 1640. The molecule has 5 rings (SSSR count). The van der Waals surface area contributed by atoms with E-state index in [1.165, 1.54) is 79.2 Å². The highest BCUT2D eigenvalue weighted by Crippen LogP contribution is 2.44. The minimum absolute atomic E-state index is 0.0311. The van der Waals surface area contributed by atoms with Crippen LogP contribution in [0, 0.1) is 10.9 Å². The monoisotopic (exact) mass is 637 g/mol. The summed E-state index contributed by atoms with van der Waals surface area (Å²) in [5.74, 6) is 0. The number of hydrogen-bond donors (Lipinski definition) is 0. The standard InChI is InChI=1S/C42H55NS2/c1-26-18-33(27-20-29(39(2,3)4)24-30(21-27)40(5,6)7)37(43-35-16-14-15-17-36(35)45-38(43)44)34(19-26)28-22-31(41(8,9)10)25-32(23-28)42(11,12)13/h18-25H,14-17H2,1-13H3. The van der Waals surface area contributed by atoms with Gasteiger partial charge in [-0.15, -0.1) is 11.3 Å². The van der Waals surface area contributed by atoms with E-state index in [1.807, 2.05) is 11.3 Å². The molecule has 1 heterocycles. The lowest BCUT2D eigenvalue weighted by molar-refractivity contribution is 0.568. The van der Waals surface area contributed by atoms with Gasteiger partial charge in [0.2, 0.25) is 0 Å². The van der Waals surface area contributed by atoms with Gasteiger partial charge in [-0.3, -0.25) is 4.57 Å². The van der Waals surface area contributed by atoms with Gasteiger partial charge in [-0.1, -0.05) is 119 Å². The third-order valence-electron chi connectivity index (χ3n) is 9.48. The Morgan fingerprint density at radius 1 is 0.556 bits per heavy atom. The Hall–Kier alpha value is -2.49. The summed E-state index contributed by atoms with van der Waals surface area (Å²) in [5, 5.41) is 0. The van der Waals surface area contributed by atoms with Crippen LogP contribution in [0.4, 0.5) is 0 Å². The summed E-state index contributed by atoms with van der Waals surface area (Å²) in [7, 11) is 0. The van der Waals surface area contributed by atoms with Crippen molar-refractivity contribution in [1.29, 1.82) is 0 Å². The molecular weight excluding hydrogens is 583 g/mol. The first-order chi connectivity index (χ1) is 20.6. The van der Waals surface area contributed by atoms with Gasteiger partial charge in [0.25, 0.3) is 0 Å². The van der Waals surface area contributed by atoms with Crippen molar-refractivity contribution in [3.8, 4) is 27.9 Å². The Kier molecular flexibility index (Phi) is 8.76. The molecule has 3 aromatic carbocycles. The molecule has 4 aromatic rings. The molecule has 0 atom stereocenters. The van der Waals surface area contributed by atoms with E-state index in [2.05, 4.69) is 143 Å². The lowest BCUT2D eigenvalue weighted by Gasteiger charge is -2.29. The summed E-state index contributed by atoms with van der Waals surface area (Å²) in [4.78, 5) is 1.47. The molecule has 1 nitrogen and oxygen atoms in total. The first-order valence-electron chi connectivity index (χ1n) is 16.9. The van der Waals surface area contributed by atoms with Crippen LogP contribution in [-0.4, -0.2) is 4.57 Å². The normalized spacial score (nSPS) is 14.5. The van der Waals surface area contributed by atoms with Crippen LogP contribution in [0.5, 0.6) is 0 Å². The van der Waals surface area contributed by atoms with Crippen LogP contribution in [-0.2, 0) is 34.5 Å². The van der Waals surface area contributed by atoms with Crippen molar-refractivity contribution in [3.05, 3.63) is 90.9 Å². The molecular formula is C42H55NS2. The quantitative estimate of drug-likeness (QED) is 0.202. The summed E-state index contributed by atoms with van der Waals surface area (Å²) in [6, 6.07) is 19.5. The van der Waals surface area contributed by atoms with Gasteiger partial charge in [0.15, 0.2) is 3.95 Å². The molecule has 0 aliphatic heterocycles. The predicted octanol–water partition coefficient (Wildman–Crippen LogP) is 13.0. The van der Waals surface area contributed by atoms with Gasteiger partial charge < -0.3 is 0 Å². The fourth-order valence-corrected chi connectivity index (χ4v) is 8.02. The summed E-state index contributed by atoms with van der Waals surface area (Å²) < 4.78 is 3.46. The van der Waals surface area contributed by atoms with Crippen molar-refractivity contribution in [3.63, 3.8) is 0 Å². The van der Waals surface area contributed by atoms with Gasteiger partial charge in [0.1, 0.15) is 0 Å². The van der Waals surface area contributed by atoms with E-state index in [9.17, 15) is 0 Å². The van der Waals surface area contributed by atoms with E-state index < -0.39 is 0 Å². The van der Waals surface area contributed by atoms with E-state index in [1.54, 1.807) is 0 Å². The second kappa shape index (κ2) is 11.6. The Morgan fingerprint density at radius 3 is 1.31 bits per heavy atom. The maximum atomic E-state index is 6.28. The first-order valence-corrected chi connectivity index (χ1v) is 18.1. The smallest absolute Gasteiger partial charge is 0.166 e. The number of hydrogen-bond acceptors (Lipinski definition) is 2. The number of aromatic nitrogens is 1. The lowest BCUT2D eigenvalue weighted by Crippen LogP contribution is -2.17. The Morgan fingerprint density at radius 2 is 0.933 bits per heavy atom. The number of thiazole rings is 1. The molecule has 0 saturated carbocycles. The van der Waals surface area contributed by atoms with Crippen molar-refractivity contribution >= 4 is 23.6 Å². The molecule has 0 amide bonds. The summed E-state index contributed by atoms with van der Waals surface area (Å²) in [5.41, 5.74) is 14.7. The SMILES string of the molecule is Cc1cc(-c2cc(C(C)(C)C)cc(C(C)(C)C)c2)c(-n2c3c(sc2=S)CCCC3)c(-c2cc(C(C)(C)C)cc(C(C)(C)C)c2)c1. The van der Waals surface area contributed by atoms with Crippen LogP contribution in [0.25, 0.3) is 27.9 Å². The highest BCUT2D eigenvalue weighted by molar-refractivity contribution is 7.73. The van der Waals surface area contributed by atoms with Crippen molar-refractivity contribution in [2.45, 2.75) is 137 Å². The molecule has 0 unspecified atom stereocenters. The fraction of sp³-hybridized carbons (Fsp3) is 0.500. The molecule has 1 aliphatic rings. The molecule has 0 saturated heterocycles. The molecule has 0 radical (unpaired) electrons. The van der Waals surface area contributed by atoms with Crippen LogP contribution in [0.15, 0.2) is 48.5 Å². The average Bonchev–Trinajstić information content (AvgIpc) is 3.25. The van der Waals surface area contributed by atoms with Crippen LogP contribution in [0.1, 0.15) is 134 Å². The molecule has 240 valence electrons. The number of rotatable bonds is 3. The molecule has 1 aliphatic carbocycles. The molecule has 0 fully saturated rings. The molecule has 0 N–H and O–H groups in total. The molecule has 45 heavy (non-hydrogen) atoms. The third kappa shape index (κ3) is 6.96. The summed E-state index contributed by atoms with van der Waals surface area (Å²) in [6.45, 7) is 30.2. The van der Waals surface area contributed by atoms with Gasteiger partial charge in [-0.2, -0.15) is 0 Å². The minimum atomic E-state index is 0.0311. The zero-order chi connectivity index (χ0) is 33.3. The number of fused-ring (bicyclic) bond motifs is 1. The lowest BCUT2D eigenvalue weighted by atomic mass is 9.77. The maximum absolute atomic E-state index is 6.28. The maximum Gasteiger partial charge on any atom is 0.166 e. The van der Waals surface area contributed by atoms with E-state index in [-0.39, 0.29) is 21.7 Å². The van der Waals surface area contributed by atoms with Gasteiger partial charge in [0.05, 0.1) is 5.69 Å². The highest BCUT2D eigenvalue weighted by Gasteiger charge is 2.28. The zero-order valence-electron chi connectivity index (χ0n) is 30.2. The van der Waals surface area contributed by atoms with Crippen molar-refractivity contribution in [2.75, 3.05) is 0 Å². The largest absolute Gasteiger partial charge is 0.294 e. The van der Waals surface area contributed by atoms with Crippen LogP contribution in [0.3, 0.4) is 0 Å². The van der Waals surface area contributed by atoms with Gasteiger partial charge >= 0.3 is 0 Å². The second-order valence-electron chi connectivity index (χ2n) is 17.6. The van der Waals surface area contributed by atoms with Gasteiger partial charge in [-0.25, -0.2) is 0 Å². The first kappa shape index (κ1) is 33.9. The van der Waals surface area contributed by atoms with E-state index in [4.69, 9.17) is 12.2 Å². The van der Waals surface area contributed by atoms with Crippen molar-refractivity contribution < 1.29 is 0 Å². The molecule has 0 spiro atoms. The fourth-order valence-electron chi connectivity index (χ4n) is 6.45. The Balaban J connectivity index is 1.96. The van der Waals surface area contributed by atoms with Crippen molar-refractivity contribution in [2.24, 2.45) is 0 Å². The number of nitrogens with zero attached hydrogens (tertiary/aromatic N) is 1. The zero-order valence-corrected chi connectivity index (χ0v) is 31.8. The number of benzene rings is 3. The molecule has 1 aromatic heterocycles. The van der Waals surface area contributed by atoms with Gasteiger partial charge in [-0.05, 0) is 118 Å². The average molecular weight is 638 g/mol. The van der Waals surface area contributed by atoms with Crippen LogP contribution in [0.2, 0.25) is 0 Å². The van der Waals surface area contributed by atoms with Crippen molar-refractivity contribution in [1.82, 2.24) is 4.57 Å². The molecule has 3 heteroatoms. The second-order valence-corrected chi connectivity index (χ2v) is 19.3. The molecule has 0 bridgehead atoms. The van der Waals surface area contributed by atoms with Crippen LogP contribution < -0.4 is 0 Å². The highest BCUT2D eigenvalue weighted by atomic mass is 32.1. The third-order valence-corrected chi connectivity index (χ3v) is 11.0. The van der Waals surface area contributed by atoms with E-state index >= 15 is 0 Å². The summed E-state index contributed by atoms with van der Waals surface area (Å²) >= 11 is 8.11. The van der Waals surface area contributed by atoms with Gasteiger partial charge in [0, 0.05) is 21.7 Å². The summed E-state index contributed by atoms with van der Waals surface area (Å²) in [6.07, 6.45) is 4.69. The Labute approximate surface area is 283 Å².